The van der Waals surface area contributed by atoms with Crippen LogP contribution in [0.2, 0.25) is 5.02 Å². The van der Waals surface area contributed by atoms with Gasteiger partial charge in [0.05, 0.1) is 21.2 Å². The Kier molecular flexibility index (Phi) is 6.58. The number of imide groups is 1. The molecular weight excluding hydrogens is 480 g/mol. The van der Waals surface area contributed by atoms with Gasteiger partial charge in [0.15, 0.2) is 0 Å². The molecule has 3 amide bonds. The molecule has 34 heavy (non-hydrogen) atoms. The minimum Gasteiger partial charge on any atom is -0.478 e. The largest absolute Gasteiger partial charge is 0.478 e. The SMILES string of the molecule is Cc1cc(C(=O)O)ccc1-c1ccc(/C=C2/SC(=O)N(CC(=O)Nc3ccccc3Cl)C2=O)o1. The number of carboxylic acid groups (broad SMARTS) is 1. The van der Waals surface area contributed by atoms with Crippen molar-refractivity contribution in [3.8, 4) is 11.3 Å². The summed E-state index contributed by atoms with van der Waals surface area (Å²) in [5.74, 6) is -1.37. The third-order valence-electron chi connectivity index (χ3n) is 4.96. The number of para-hydroxylation sites is 1. The maximum Gasteiger partial charge on any atom is 0.335 e. The van der Waals surface area contributed by atoms with Crippen molar-refractivity contribution in [3.05, 3.63) is 81.4 Å². The highest BCUT2D eigenvalue weighted by Gasteiger charge is 2.36. The van der Waals surface area contributed by atoms with E-state index in [9.17, 15) is 19.2 Å². The zero-order valence-electron chi connectivity index (χ0n) is 17.7. The van der Waals surface area contributed by atoms with Gasteiger partial charge >= 0.3 is 5.97 Å². The molecule has 1 aliphatic heterocycles. The number of nitrogens with one attached hydrogen (secondary N) is 1. The third-order valence-corrected chi connectivity index (χ3v) is 6.20. The highest BCUT2D eigenvalue weighted by Crippen LogP contribution is 2.34. The van der Waals surface area contributed by atoms with E-state index in [1.165, 1.54) is 12.1 Å². The van der Waals surface area contributed by atoms with Gasteiger partial charge in [-0.3, -0.25) is 19.3 Å². The van der Waals surface area contributed by atoms with Gasteiger partial charge in [-0.2, -0.15) is 0 Å². The maximum atomic E-state index is 12.7. The number of anilines is 1. The molecule has 0 unspecified atom stereocenters. The van der Waals surface area contributed by atoms with E-state index in [1.807, 2.05) is 0 Å². The molecule has 0 aliphatic carbocycles. The van der Waals surface area contributed by atoms with Crippen LogP contribution in [0.25, 0.3) is 17.4 Å². The molecule has 0 spiro atoms. The van der Waals surface area contributed by atoms with Crippen LogP contribution in [-0.4, -0.2) is 39.6 Å². The van der Waals surface area contributed by atoms with Gasteiger partial charge in [0, 0.05) is 11.6 Å². The number of carbonyl (C=O) groups is 4. The van der Waals surface area contributed by atoms with Gasteiger partial charge in [-0.05, 0) is 60.6 Å². The quantitative estimate of drug-likeness (QED) is 0.446. The number of nitrogens with zero attached hydrogens (tertiary/aromatic N) is 1. The molecule has 3 aromatic rings. The second kappa shape index (κ2) is 9.58. The zero-order valence-corrected chi connectivity index (χ0v) is 19.3. The fraction of sp³-hybridized carbons (Fsp3) is 0.0833. The van der Waals surface area contributed by atoms with Crippen LogP contribution in [0.3, 0.4) is 0 Å². The Morgan fingerprint density at radius 3 is 2.62 bits per heavy atom. The van der Waals surface area contributed by atoms with Gasteiger partial charge in [0.1, 0.15) is 18.1 Å². The number of amides is 3. The topological polar surface area (TPSA) is 117 Å². The summed E-state index contributed by atoms with van der Waals surface area (Å²) in [4.78, 5) is 49.5. The first-order valence-corrected chi connectivity index (χ1v) is 11.2. The lowest BCUT2D eigenvalue weighted by Gasteiger charge is -2.13. The number of hydrogen-bond donors (Lipinski definition) is 2. The second-order valence-corrected chi connectivity index (χ2v) is 8.73. The smallest absolute Gasteiger partial charge is 0.335 e. The molecule has 10 heteroatoms. The molecule has 0 bridgehead atoms. The van der Waals surface area contributed by atoms with E-state index in [4.69, 9.17) is 21.1 Å². The maximum absolute atomic E-state index is 12.7. The van der Waals surface area contributed by atoms with E-state index in [1.54, 1.807) is 55.5 Å². The van der Waals surface area contributed by atoms with Crippen LogP contribution in [0, 0.1) is 6.92 Å². The summed E-state index contributed by atoms with van der Waals surface area (Å²) in [6.45, 7) is 1.31. The molecule has 2 N–H and O–H groups in total. The summed E-state index contributed by atoms with van der Waals surface area (Å²) < 4.78 is 5.79. The minimum absolute atomic E-state index is 0.120. The second-order valence-electron chi connectivity index (χ2n) is 7.33. The molecule has 1 fully saturated rings. The zero-order chi connectivity index (χ0) is 24.4. The molecular formula is C24H17ClN2O6S. The Morgan fingerprint density at radius 2 is 1.91 bits per heavy atom. The Bertz CT molecular complexity index is 1360. The highest BCUT2D eigenvalue weighted by atomic mass is 35.5. The van der Waals surface area contributed by atoms with Gasteiger partial charge in [-0.1, -0.05) is 29.8 Å². The Hall–Kier alpha value is -3.82. The van der Waals surface area contributed by atoms with E-state index < -0.39 is 29.6 Å². The predicted octanol–water partition coefficient (Wildman–Crippen LogP) is 5.28. The van der Waals surface area contributed by atoms with Crippen molar-refractivity contribution < 1.29 is 28.7 Å². The average Bonchev–Trinajstić information content (AvgIpc) is 3.35. The van der Waals surface area contributed by atoms with Crippen LogP contribution in [-0.2, 0) is 9.59 Å². The van der Waals surface area contributed by atoms with Gasteiger partial charge in [-0.25, -0.2) is 4.79 Å². The molecule has 4 rings (SSSR count). The van der Waals surface area contributed by atoms with E-state index in [0.29, 0.717) is 45.1 Å². The highest BCUT2D eigenvalue weighted by molar-refractivity contribution is 8.18. The number of aryl methyl sites for hydroxylation is 1. The first-order chi connectivity index (χ1) is 16.2. The van der Waals surface area contributed by atoms with E-state index in [2.05, 4.69) is 5.32 Å². The Labute approximate surface area is 203 Å². The fourth-order valence-corrected chi connectivity index (χ4v) is 4.31. The fourth-order valence-electron chi connectivity index (χ4n) is 3.31. The molecule has 0 saturated carbocycles. The number of hydrogen-bond acceptors (Lipinski definition) is 6. The van der Waals surface area contributed by atoms with Crippen LogP contribution in [0.1, 0.15) is 21.7 Å². The number of rotatable bonds is 6. The van der Waals surface area contributed by atoms with Gasteiger partial charge in [-0.15, -0.1) is 0 Å². The van der Waals surface area contributed by atoms with E-state index in [-0.39, 0.29) is 10.5 Å². The molecule has 0 radical (unpaired) electrons. The number of carbonyl (C=O) groups excluding carboxylic acids is 3. The lowest BCUT2D eigenvalue weighted by molar-refractivity contribution is -0.127. The van der Waals surface area contributed by atoms with Crippen LogP contribution in [0.15, 0.2) is 63.9 Å². The summed E-state index contributed by atoms with van der Waals surface area (Å²) in [6, 6.07) is 14.6. The molecule has 172 valence electrons. The van der Waals surface area contributed by atoms with E-state index in [0.717, 1.165) is 4.90 Å². The number of halogens is 1. The van der Waals surface area contributed by atoms with Crippen LogP contribution in [0.4, 0.5) is 10.5 Å². The molecule has 2 aromatic carbocycles. The van der Waals surface area contributed by atoms with Gasteiger partial charge < -0.3 is 14.8 Å². The lowest BCUT2D eigenvalue weighted by Crippen LogP contribution is -2.36. The normalized spacial score (nSPS) is 14.6. The summed E-state index contributed by atoms with van der Waals surface area (Å²) in [6.07, 6.45) is 1.43. The summed E-state index contributed by atoms with van der Waals surface area (Å²) in [7, 11) is 0. The van der Waals surface area contributed by atoms with Crippen molar-refractivity contribution in [2.24, 2.45) is 0 Å². The standard InChI is InChI=1S/C24H17ClN2O6S/c1-13-10-14(23(30)31)6-8-16(13)19-9-7-15(33-19)11-20-22(29)27(24(32)34-20)12-21(28)26-18-5-3-2-4-17(18)25/h2-11H,12H2,1H3,(H,26,28)(H,30,31)/b20-11+. The van der Waals surface area contributed by atoms with Crippen molar-refractivity contribution in [1.82, 2.24) is 4.90 Å². The summed E-state index contributed by atoms with van der Waals surface area (Å²) in [5.41, 5.74) is 1.96. The molecule has 8 nitrogen and oxygen atoms in total. The van der Waals surface area contributed by atoms with Crippen molar-refractivity contribution in [3.63, 3.8) is 0 Å². The van der Waals surface area contributed by atoms with Crippen LogP contribution < -0.4 is 5.32 Å². The average molecular weight is 497 g/mol. The molecule has 2 heterocycles. The Balaban J connectivity index is 1.47. The molecule has 1 aromatic heterocycles. The third kappa shape index (κ3) is 4.90. The van der Waals surface area contributed by atoms with Crippen molar-refractivity contribution >= 4 is 58.1 Å². The van der Waals surface area contributed by atoms with Gasteiger partial charge in [0.2, 0.25) is 5.91 Å². The van der Waals surface area contributed by atoms with Crippen molar-refractivity contribution in [2.45, 2.75) is 6.92 Å². The predicted molar refractivity (Wildman–Crippen MR) is 129 cm³/mol. The van der Waals surface area contributed by atoms with Crippen molar-refractivity contribution in [1.29, 1.82) is 0 Å². The first kappa shape index (κ1) is 23.3. The van der Waals surface area contributed by atoms with Crippen LogP contribution >= 0.6 is 23.4 Å². The van der Waals surface area contributed by atoms with E-state index >= 15 is 0 Å². The van der Waals surface area contributed by atoms with Crippen LogP contribution in [0.5, 0.6) is 0 Å². The molecule has 0 atom stereocenters. The monoisotopic (exact) mass is 496 g/mol. The Morgan fingerprint density at radius 1 is 1.15 bits per heavy atom. The number of benzene rings is 2. The summed E-state index contributed by atoms with van der Waals surface area (Å²) in [5, 5.41) is 11.5. The number of carboxylic acids is 1. The minimum atomic E-state index is -1.02. The lowest BCUT2D eigenvalue weighted by atomic mass is 10.0. The number of thioether (sulfide) groups is 1. The van der Waals surface area contributed by atoms with Gasteiger partial charge in [0.25, 0.3) is 11.1 Å². The summed E-state index contributed by atoms with van der Waals surface area (Å²) >= 11 is 6.73. The molecule has 1 aliphatic rings. The number of aromatic carboxylic acids is 1. The number of furan rings is 1. The van der Waals surface area contributed by atoms with Crippen molar-refractivity contribution in [2.75, 3.05) is 11.9 Å². The first-order valence-electron chi connectivity index (χ1n) is 9.97. The molecule has 1 saturated heterocycles.